The maximum atomic E-state index is 8.67. The quantitative estimate of drug-likeness (QED) is 0.329. The van der Waals surface area contributed by atoms with Crippen LogP contribution < -0.4 is 11.1 Å². The Hall–Kier alpha value is -2.34. The Morgan fingerprint density at radius 3 is 2.90 bits per heavy atom. The van der Waals surface area contributed by atoms with Crippen LogP contribution in [0, 0.1) is 6.92 Å². The summed E-state index contributed by atoms with van der Waals surface area (Å²) in [6.07, 6.45) is 1.87. The van der Waals surface area contributed by atoms with E-state index in [-0.39, 0.29) is 5.84 Å². The smallest absolute Gasteiger partial charge is 0.170 e. The number of hydrogen-bond acceptors (Lipinski definition) is 4. The molecular weight excluding hydrogens is 254 g/mol. The van der Waals surface area contributed by atoms with E-state index < -0.39 is 0 Å². The zero-order valence-corrected chi connectivity index (χ0v) is 11.7. The highest BCUT2D eigenvalue weighted by molar-refractivity contribution is 5.97. The molecule has 0 saturated heterocycles. The molecule has 2 rings (SSSR count). The minimum Gasteiger partial charge on any atom is -0.409 e. The van der Waals surface area contributed by atoms with E-state index in [0.717, 1.165) is 17.8 Å². The Morgan fingerprint density at radius 2 is 2.25 bits per heavy atom. The van der Waals surface area contributed by atoms with E-state index in [1.54, 1.807) is 0 Å². The number of amidine groups is 1. The minimum atomic E-state index is 0.120. The highest BCUT2D eigenvalue weighted by atomic mass is 16.4. The van der Waals surface area contributed by atoms with Gasteiger partial charge in [0.25, 0.3) is 0 Å². The summed E-state index contributed by atoms with van der Waals surface area (Å²) in [6.45, 7) is 3.51. The van der Waals surface area contributed by atoms with Crippen LogP contribution >= 0.6 is 0 Å². The molecule has 6 nitrogen and oxygen atoms in total. The van der Waals surface area contributed by atoms with Crippen molar-refractivity contribution in [1.29, 1.82) is 0 Å². The van der Waals surface area contributed by atoms with E-state index in [4.69, 9.17) is 10.9 Å². The fourth-order valence-corrected chi connectivity index (χ4v) is 1.96. The number of aryl methyl sites for hydroxylation is 1. The predicted molar refractivity (Wildman–Crippen MR) is 77.4 cm³/mol. The normalized spacial score (nSPS) is 11.8. The van der Waals surface area contributed by atoms with Gasteiger partial charge in [-0.25, -0.2) is 0 Å². The molecule has 0 aliphatic carbocycles. The van der Waals surface area contributed by atoms with Crippen LogP contribution in [0.15, 0.2) is 35.6 Å². The average molecular weight is 273 g/mol. The average Bonchev–Trinajstić information content (AvgIpc) is 2.79. The number of benzene rings is 1. The molecule has 106 valence electrons. The van der Waals surface area contributed by atoms with E-state index in [2.05, 4.69) is 15.6 Å². The third kappa shape index (κ3) is 3.16. The van der Waals surface area contributed by atoms with Crippen molar-refractivity contribution >= 4 is 5.84 Å². The first-order chi connectivity index (χ1) is 9.61. The molecule has 20 heavy (non-hydrogen) atoms. The first kappa shape index (κ1) is 14.1. The van der Waals surface area contributed by atoms with Gasteiger partial charge in [0.15, 0.2) is 5.84 Å². The van der Waals surface area contributed by atoms with Crippen LogP contribution in [0.3, 0.4) is 0 Å². The Bertz CT molecular complexity index is 618. The lowest BCUT2D eigenvalue weighted by molar-refractivity contribution is 0.318. The molecule has 0 spiro atoms. The van der Waals surface area contributed by atoms with Crippen LogP contribution in [-0.2, 0) is 20.1 Å². The molecule has 0 aliphatic heterocycles. The van der Waals surface area contributed by atoms with E-state index >= 15 is 0 Å². The molecule has 0 atom stereocenters. The van der Waals surface area contributed by atoms with E-state index in [9.17, 15) is 0 Å². The minimum absolute atomic E-state index is 0.120. The van der Waals surface area contributed by atoms with Crippen molar-refractivity contribution in [2.24, 2.45) is 17.9 Å². The van der Waals surface area contributed by atoms with Gasteiger partial charge in [0.1, 0.15) is 0 Å². The Morgan fingerprint density at radius 1 is 1.45 bits per heavy atom. The Kier molecular flexibility index (Phi) is 4.37. The lowest BCUT2D eigenvalue weighted by Crippen LogP contribution is -2.16. The number of oxime groups is 1. The summed E-state index contributed by atoms with van der Waals surface area (Å²) in [6, 6.07) is 7.60. The number of hydrogen-bond donors (Lipinski definition) is 3. The standard InChI is InChI=1S/C14H19N5O/c1-10-13(9-17-19(10)2)8-16-7-11-4-3-5-12(6-11)14(15)18-20/h3-6,9,16,20H,7-8H2,1-2H3,(H2,15,18). The third-order valence-electron chi connectivity index (χ3n) is 3.31. The molecule has 0 aliphatic rings. The number of nitrogens with one attached hydrogen (secondary N) is 1. The number of nitrogens with zero attached hydrogens (tertiary/aromatic N) is 3. The van der Waals surface area contributed by atoms with Crippen LogP contribution in [0.1, 0.15) is 22.4 Å². The molecule has 6 heteroatoms. The van der Waals surface area contributed by atoms with Crippen molar-refractivity contribution in [1.82, 2.24) is 15.1 Å². The van der Waals surface area contributed by atoms with Gasteiger partial charge in [-0.2, -0.15) is 5.10 Å². The highest BCUT2D eigenvalue weighted by Gasteiger charge is 2.04. The van der Waals surface area contributed by atoms with E-state index in [0.29, 0.717) is 12.1 Å². The summed E-state index contributed by atoms with van der Waals surface area (Å²) < 4.78 is 1.86. The summed E-state index contributed by atoms with van der Waals surface area (Å²) in [5, 5.41) is 19.2. The molecule has 4 N–H and O–H groups in total. The van der Waals surface area contributed by atoms with Crippen molar-refractivity contribution in [2.45, 2.75) is 20.0 Å². The molecule has 0 fully saturated rings. The molecular formula is C14H19N5O. The number of nitrogens with two attached hydrogens (primary N) is 1. The molecule has 0 radical (unpaired) electrons. The zero-order chi connectivity index (χ0) is 14.5. The zero-order valence-electron chi connectivity index (χ0n) is 11.7. The lowest BCUT2D eigenvalue weighted by Gasteiger charge is -2.06. The van der Waals surface area contributed by atoms with Gasteiger partial charge in [-0.05, 0) is 18.6 Å². The van der Waals surface area contributed by atoms with Crippen LogP contribution in [0.2, 0.25) is 0 Å². The van der Waals surface area contributed by atoms with Crippen LogP contribution in [0.5, 0.6) is 0 Å². The third-order valence-corrected chi connectivity index (χ3v) is 3.31. The first-order valence-electron chi connectivity index (χ1n) is 6.37. The second-order valence-corrected chi connectivity index (χ2v) is 4.67. The molecule has 1 aromatic carbocycles. The molecule has 0 unspecified atom stereocenters. The molecule has 1 aromatic heterocycles. The van der Waals surface area contributed by atoms with Crippen LogP contribution in [0.4, 0.5) is 0 Å². The molecule has 0 amide bonds. The van der Waals surface area contributed by atoms with Crippen molar-refractivity contribution < 1.29 is 5.21 Å². The van der Waals surface area contributed by atoms with Crippen molar-refractivity contribution in [3.05, 3.63) is 52.8 Å². The first-order valence-corrected chi connectivity index (χ1v) is 6.37. The monoisotopic (exact) mass is 273 g/mol. The van der Waals surface area contributed by atoms with Gasteiger partial charge in [0, 0.05) is 37.0 Å². The Balaban J connectivity index is 1.96. The van der Waals surface area contributed by atoms with Gasteiger partial charge >= 0.3 is 0 Å². The number of rotatable bonds is 5. The Labute approximate surface area is 117 Å². The maximum absolute atomic E-state index is 8.67. The molecule has 0 bridgehead atoms. The maximum Gasteiger partial charge on any atom is 0.170 e. The van der Waals surface area contributed by atoms with Gasteiger partial charge in [-0.15, -0.1) is 0 Å². The summed E-state index contributed by atoms with van der Waals surface area (Å²) in [7, 11) is 1.93. The van der Waals surface area contributed by atoms with E-state index in [1.807, 2.05) is 49.1 Å². The summed E-state index contributed by atoms with van der Waals surface area (Å²) in [5.74, 6) is 0.120. The molecule has 2 aromatic rings. The van der Waals surface area contributed by atoms with Crippen molar-refractivity contribution in [3.63, 3.8) is 0 Å². The van der Waals surface area contributed by atoms with E-state index in [1.165, 1.54) is 5.56 Å². The van der Waals surface area contributed by atoms with Crippen LogP contribution in [0.25, 0.3) is 0 Å². The van der Waals surface area contributed by atoms with Crippen LogP contribution in [-0.4, -0.2) is 20.8 Å². The molecule has 1 heterocycles. The second kappa shape index (κ2) is 6.21. The topological polar surface area (TPSA) is 88.5 Å². The largest absolute Gasteiger partial charge is 0.409 e. The van der Waals surface area contributed by atoms with Crippen molar-refractivity contribution in [2.75, 3.05) is 0 Å². The lowest BCUT2D eigenvalue weighted by atomic mass is 10.1. The number of aromatic nitrogens is 2. The van der Waals surface area contributed by atoms with Gasteiger partial charge in [0.05, 0.1) is 6.20 Å². The van der Waals surface area contributed by atoms with Gasteiger partial charge in [-0.1, -0.05) is 23.4 Å². The predicted octanol–water partition coefficient (Wildman–Crippen LogP) is 1.11. The van der Waals surface area contributed by atoms with Gasteiger partial charge < -0.3 is 16.3 Å². The van der Waals surface area contributed by atoms with Crippen molar-refractivity contribution in [3.8, 4) is 0 Å². The van der Waals surface area contributed by atoms with Gasteiger partial charge in [-0.3, -0.25) is 4.68 Å². The summed E-state index contributed by atoms with van der Waals surface area (Å²) in [4.78, 5) is 0. The SMILES string of the molecule is Cc1c(CNCc2cccc(/C(N)=N/O)c2)cnn1C. The fraction of sp³-hybridized carbons (Fsp3) is 0.286. The highest BCUT2D eigenvalue weighted by Crippen LogP contribution is 2.07. The van der Waals surface area contributed by atoms with Gasteiger partial charge in [0.2, 0.25) is 0 Å². The second-order valence-electron chi connectivity index (χ2n) is 4.67. The fourth-order valence-electron chi connectivity index (χ4n) is 1.96. The summed E-state index contributed by atoms with van der Waals surface area (Å²) in [5.41, 5.74) is 9.70. The summed E-state index contributed by atoms with van der Waals surface area (Å²) >= 11 is 0. The molecule has 0 saturated carbocycles.